The minimum atomic E-state index is -0.328. The van der Waals surface area contributed by atoms with E-state index in [-0.39, 0.29) is 5.97 Å². The summed E-state index contributed by atoms with van der Waals surface area (Å²) in [6, 6.07) is 7.17. The Balaban J connectivity index is 2.89. The van der Waals surface area contributed by atoms with Crippen LogP contribution < -0.4 is 0 Å². The molecule has 0 aromatic heterocycles. The number of hydrogen-bond acceptors (Lipinski definition) is 2. The Hall–Kier alpha value is -1.28. The van der Waals surface area contributed by atoms with Crippen LogP contribution in [0.25, 0.3) is 6.08 Å². The van der Waals surface area contributed by atoms with Crippen LogP contribution in [0.1, 0.15) is 15.9 Å². The number of hydrogen-bond donors (Lipinski definition) is 0. The van der Waals surface area contributed by atoms with Crippen LogP contribution in [0.5, 0.6) is 0 Å². The Morgan fingerprint density at radius 1 is 1.57 bits per heavy atom. The Labute approximate surface area is 88.1 Å². The third kappa shape index (κ3) is 2.89. The maximum atomic E-state index is 11.2. The van der Waals surface area contributed by atoms with Gasteiger partial charge in [0.25, 0.3) is 0 Å². The molecule has 0 fully saturated rings. The molecule has 0 spiro atoms. The molecule has 74 valence electrons. The molecule has 0 saturated heterocycles. The monoisotopic (exact) mass is 210 g/mol. The molecule has 0 saturated carbocycles. The highest BCUT2D eigenvalue weighted by Gasteiger charge is 2.03. The summed E-state index contributed by atoms with van der Waals surface area (Å²) in [6.45, 7) is 0. The lowest BCUT2D eigenvalue weighted by Crippen LogP contribution is -2.00. The van der Waals surface area contributed by atoms with Crippen LogP contribution in [0.15, 0.2) is 30.3 Å². The normalized spacial score (nSPS) is 10.4. The van der Waals surface area contributed by atoms with E-state index in [1.54, 1.807) is 18.2 Å². The van der Waals surface area contributed by atoms with Crippen molar-refractivity contribution >= 4 is 23.6 Å². The number of carbonyl (C=O) groups excluding carboxylic acids is 1. The number of carbonyl (C=O) groups is 1. The van der Waals surface area contributed by atoms with E-state index in [0.29, 0.717) is 11.4 Å². The number of alkyl halides is 1. The van der Waals surface area contributed by atoms with Crippen molar-refractivity contribution in [2.24, 2.45) is 0 Å². The molecule has 0 atom stereocenters. The lowest BCUT2D eigenvalue weighted by Gasteiger charge is -1.99. The van der Waals surface area contributed by atoms with Gasteiger partial charge in [-0.15, -0.1) is 11.6 Å². The van der Waals surface area contributed by atoms with Gasteiger partial charge in [-0.3, -0.25) is 0 Å². The van der Waals surface area contributed by atoms with Gasteiger partial charge in [0.1, 0.15) is 0 Å². The predicted molar refractivity (Wildman–Crippen MR) is 57.5 cm³/mol. The zero-order valence-corrected chi connectivity index (χ0v) is 8.62. The van der Waals surface area contributed by atoms with Gasteiger partial charge in [-0.1, -0.05) is 24.3 Å². The molecule has 0 aliphatic rings. The summed E-state index contributed by atoms with van der Waals surface area (Å²) in [5, 5.41) is 0. The van der Waals surface area contributed by atoms with Crippen molar-refractivity contribution in [1.82, 2.24) is 0 Å². The van der Waals surface area contributed by atoms with E-state index >= 15 is 0 Å². The fraction of sp³-hybridized carbons (Fsp3) is 0.182. The first-order chi connectivity index (χ1) is 6.77. The van der Waals surface area contributed by atoms with Gasteiger partial charge >= 0.3 is 5.97 Å². The second-order valence-corrected chi connectivity index (χ2v) is 2.98. The fourth-order valence-electron chi connectivity index (χ4n) is 1.07. The molecule has 0 aliphatic carbocycles. The third-order valence-corrected chi connectivity index (χ3v) is 1.89. The van der Waals surface area contributed by atoms with Crippen molar-refractivity contribution < 1.29 is 9.53 Å². The molecule has 1 rings (SSSR count). The van der Waals surface area contributed by atoms with Gasteiger partial charge < -0.3 is 4.74 Å². The molecular formula is C11H11ClO2. The topological polar surface area (TPSA) is 26.3 Å². The van der Waals surface area contributed by atoms with Gasteiger partial charge in [0.15, 0.2) is 0 Å². The number of allylic oxidation sites excluding steroid dienone is 1. The maximum Gasteiger partial charge on any atom is 0.337 e. The molecule has 2 nitrogen and oxygen atoms in total. The lowest BCUT2D eigenvalue weighted by atomic mass is 10.1. The first-order valence-electron chi connectivity index (χ1n) is 4.19. The minimum Gasteiger partial charge on any atom is -0.465 e. The Kier molecular flexibility index (Phi) is 4.20. The van der Waals surface area contributed by atoms with E-state index < -0.39 is 0 Å². The van der Waals surface area contributed by atoms with E-state index in [0.717, 1.165) is 5.56 Å². The van der Waals surface area contributed by atoms with Crippen molar-refractivity contribution in [2.75, 3.05) is 13.0 Å². The van der Waals surface area contributed by atoms with Gasteiger partial charge in [-0.25, -0.2) is 4.79 Å². The van der Waals surface area contributed by atoms with Crippen LogP contribution in [0.3, 0.4) is 0 Å². The smallest absolute Gasteiger partial charge is 0.337 e. The van der Waals surface area contributed by atoms with Crippen molar-refractivity contribution in [1.29, 1.82) is 0 Å². The summed E-state index contributed by atoms with van der Waals surface area (Å²) >= 11 is 5.50. The van der Waals surface area contributed by atoms with Crippen LogP contribution in [0.2, 0.25) is 0 Å². The molecule has 0 unspecified atom stereocenters. The molecule has 0 radical (unpaired) electrons. The highest BCUT2D eigenvalue weighted by Crippen LogP contribution is 2.08. The Morgan fingerprint density at radius 3 is 3.00 bits per heavy atom. The zero-order valence-electron chi connectivity index (χ0n) is 7.87. The van der Waals surface area contributed by atoms with Crippen molar-refractivity contribution in [3.63, 3.8) is 0 Å². The maximum absolute atomic E-state index is 11.2. The van der Waals surface area contributed by atoms with Crippen LogP contribution in [0, 0.1) is 0 Å². The van der Waals surface area contributed by atoms with Crippen LogP contribution in [-0.4, -0.2) is 19.0 Å². The quantitative estimate of drug-likeness (QED) is 0.567. The summed E-state index contributed by atoms with van der Waals surface area (Å²) in [5.41, 5.74) is 1.48. The van der Waals surface area contributed by atoms with E-state index in [1.165, 1.54) is 7.11 Å². The second kappa shape index (κ2) is 5.45. The largest absolute Gasteiger partial charge is 0.465 e. The summed E-state index contributed by atoms with van der Waals surface area (Å²) in [4.78, 5) is 11.2. The number of methoxy groups -OCH3 is 1. The van der Waals surface area contributed by atoms with Gasteiger partial charge in [0.2, 0.25) is 0 Å². The average molecular weight is 211 g/mol. The molecule has 0 aliphatic heterocycles. The minimum absolute atomic E-state index is 0.328. The number of ether oxygens (including phenoxy) is 1. The highest BCUT2D eigenvalue weighted by molar-refractivity contribution is 6.19. The second-order valence-electron chi connectivity index (χ2n) is 2.67. The van der Waals surface area contributed by atoms with Gasteiger partial charge in [-0.2, -0.15) is 0 Å². The SMILES string of the molecule is COC(=O)c1cccc(/C=C/CCl)c1. The van der Waals surface area contributed by atoms with Crippen LogP contribution in [-0.2, 0) is 4.74 Å². The summed E-state index contributed by atoms with van der Waals surface area (Å²) in [6.07, 6.45) is 3.68. The lowest BCUT2D eigenvalue weighted by molar-refractivity contribution is 0.0600. The molecule has 3 heteroatoms. The van der Waals surface area contributed by atoms with Crippen LogP contribution >= 0.6 is 11.6 Å². The summed E-state index contributed by atoms with van der Waals surface area (Å²) in [7, 11) is 1.36. The molecule has 0 N–H and O–H groups in total. The van der Waals surface area contributed by atoms with E-state index in [2.05, 4.69) is 4.74 Å². The van der Waals surface area contributed by atoms with E-state index in [1.807, 2.05) is 18.2 Å². The molecule has 0 amide bonds. The summed E-state index contributed by atoms with van der Waals surface area (Å²) < 4.78 is 4.61. The van der Waals surface area contributed by atoms with Gasteiger partial charge in [0.05, 0.1) is 12.7 Å². The Bertz CT molecular complexity index is 345. The van der Waals surface area contributed by atoms with E-state index in [9.17, 15) is 4.79 Å². The molecule has 14 heavy (non-hydrogen) atoms. The zero-order chi connectivity index (χ0) is 10.4. The fourth-order valence-corrected chi connectivity index (χ4v) is 1.16. The van der Waals surface area contributed by atoms with Crippen molar-refractivity contribution in [2.45, 2.75) is 0 Å². The number of rotatable bonds is 3. The molecule has 1 aromatic carbocycles. The number of esters is 1. The molecular weight excluding hydrogens is 200 g/mol. The summed E-state index contributed by atoms with van der Waals surface area (Å²) in [5.74, 6) is 0.133. The molecule has 1 aromatic rings. The average Bonchev–Trinajstić information content (AvgIpc) is 2.25. The van der Waals surface area contributed by atoms with Gasteiger partial charge in [0, 0.05) is 5.88 Å². The first-order valence-corrected chi connectivity index (χ1v) is 4.72. The van der Waals surface area contributed by atoms with Gasteiger partial charge in [-0.05, 0) is 17.7 Å². The van der Waals surface area contributed by atoms with Crippen molar-refractivity contribution in [3.8, 4) is 0 Å². The van der Waals surface area contributed by atoms with E-state index in [4.69, 9.17) is 11.6 Å². The third-order valence-electron chi connectivity index (χ3n) is 1.71. The first kappa shape index (κ1) is 10.8. The molecule has 0 bridgehead atoms. The Morgan fingerprint density at radius 2 is 2.36 bits per heavy atom. The number of halogens is 1. The standard InChI is InChI=1S/C11H11ClO2/c1-14-11(13)10-6-2-4-9(8-10)5-3-7-12/h2-6,8H,7H2,1H3/b5-3+. The van der Waals surface area contributed by atoms with Crippen molar-refractivity contribution in [3.05, 3.63) is 41.5 Å². The highest BCUT2D eigenvalue weighted by atomic mass is 35.5. The van der Waals surface area contributed by atoms with Crippen LogP contribution in [0.4, 0.5) is 0 Å². The number of benzene rings is 1. The predicted octanol–water partition coefficient (Wildman–Crippen LogP) is 2.73. The molecule has 0 heterocycles.